The number of aromatic hydroxyl groups is 1. The SMILES string of the molecule is CC1(C)CC(Nc2c(O)c(=[NH+]C3CC(C)(C)N(CCO)C(C)(C)C3)c2=O)CC(C)(C)N1CCO. The van der Waals surface area contributed by atoms with Gasteiger partial charge in [-0.1, -0.05) is 0 Å². The molecule has 0 unspecified atom stereocenters. The van der Waals surface area contributed by atoms with E-state index in [0.29, 0.717) is 24.1 Å². The zero-order chi connectivity index (χ0) is 25.7. The highest BCUT2D eigenvalue weighted by Crippen LogP contribution is 2.40. The molecule has 5 N–H and O–H groups in total. The van der Waals surface area contributed by atoms with Gasteiger partial charge in [0.2, 0.25) is 5.75 Å². The highest BCUT2D eigenvalue weighted by molar-refractivity contribution is 5.60. The summed E-state index contributed by atoms with van der Waals surface area (Å²) in [6.45, 7) is 18.8. The van der Waals surface area contributed by atoms with Crippen LogP contribution in [0.15, 0.2) is 4.79 Å². The van der Waals surface area contributed by atoms with E-state index in [0.717, 1.165) is 25.7 Å². The van der Waals surface area contributed by atoms with Gasteiger partial charge in [0.05, 0.1) is 13.2 Å². The van der Waals surface area contributed by atoms with E-state index in [4.69, 9.17) is 0 Å². The van der Waals surface area contributed by atoms with Crippen LogP contribution in [0.4, 0.5) is 5.69 Å². The number of nitrogens with zero attached hydrogens (tertiary/aromatic N) is 2. The van der Waals surface area contributed by atoms with Crippen LogP contribution in [-0.4, -0.2) is 85.7 Å². The van der Waals surface area contributed by atoms with Crippen molar-refractivity contribution in [2.75, 3.05) is 31.6 Å². The molecule has 3 rings (SSSR count). The molecule has 34 heavy (non-hydrogen) atoms. The lowest BCUT2D eigenvalue weighted by Gasteiger charge is -2.55. The van der Waals surface area contributed by atoms with Gasteiger partial charge < -0.3 is 20.6 Å². The average Bonchev–Trinajstić information content (AvgIpc) is 2.68. The molecule has 1 aromatic rings. The first kappa shape index (κ1) is 27.1. The first-order chi connectivity index (χ1) is 15.6. The smallest absolute Gasteiger partial charge is 0.293 e. The quantitative estimate of drug-likeness (QED) is 0.376. The van der Waals surface area contributed by atoms with Gasteiger partial charge in [-0.3, -0.25) is 14.6 Å². The van der Waals surface area contributed by atoms with Crippen LogP contribution in [0, 0.1) is 0 Å². The van der Waals surface area contributed by atoms with E-state index in [1.807, 2.05) is 0 Å². The molecule has 8 heteroatoms. The first-order valence-electron chi connectivity index (χ1n) is 12.7. The van der Waals surface area contributed by atoms with Gasteiger partial charge in [-0.05, 0) is 68.2 Å². The molecular weight excluding hydrogens is 432 g/mol. The molecule has 8 nitrogen and oxygen atoms in total. The Morgan fingerprint density at radius 3 is 1.62 bits per heavy atom. The number of anilines is 1. The Labute approximate surface area is 204 Å². The lowest BCUT2D eigenvalue weighted by atomic mass is 9.76. The van der Waals surface area contributed by atoms with Crippen molar-refractivity contribution in [1.82, 2.24) is 9.80 Å². The Hall–Kier alpha value is -1.48. The van der Waals surface area contributed by atoms with Crippen molar-refractivity contribution in [3.63, 3.8) is 0 Å². The molecular formula is C26H47N4O4+. The van der Waals surface area contributed by atoms with E-state index < -0.39 is 0 Å². The summed E-state index contributed by atoms with van der Waals surface area (Å²) in [5.74, 6) is 0.0341. The number of rotatable bonds is 7. The highest BCUT2D eigenvalue weighted by Gasteiger charge is 2.48. The largest absolute Gasteiger partial charge is 0.501 e. The molecule has 0 radical (unpaired) electrons. The summed E-state index contributed by atoms with van der Waals surface area (Å²) in [5, 5.41) is 33.5. The third kappa shape index (κ3) is 5.06. The number of β-amino-alcohol motifs (C(OH)–C–C–N with tert-alkyl or cyclic N) is 2. The Morgan fingerprint density at radius 2 is 1.24 bits per heavy atom. The van der Waals surface area contributed by atoms with Gasteiger partial charge in [0.1, 0.15) is 5.69 Å². The summed E-state index contributed by atoms with van der Waals surface area (Å²) in [6, 6.07) is 0.115. The number of aliphatic hydroxyl groups excluding tert-OH is 2. The average molecular weight is 480 g/mol. The second-order valence-electron chi connectivity index (χ2n) is 12.9. The number of likely N-dealkylation sites (tertiary alicyclic amines) is 2. The van der Waals surface area contributed by atoms with E-state index in [-0.39, 0.29) is 58.6 Å². The van der Waals surface area contributed by atoms with Crippen molar-refractivity contribution in [3.05, 3.63) is 15.6 Å². The Kier molecular flexibility index (Phi) is 7.33. The maximum Gasteiger partial charge on any atom is 0.293 e. The van der Waals surface area contributed by atoms with E-state index >= 15 is 0 Å². The molecule has 1 aromatic carbocycles. The summed E-state index contributed by atoms with van der Waals surface area (Å²) in [6.07, 6.45) is 3.26. The molecule has 194 valence electrons. The number of nitrogens with one attached hydrogen (secondary N) is 2. The Bertz CT molecular complexity index is 923. The minimum atomic E-state index is -0.153. The molecule has 2 aliphatic rings. The third-order valence-electron chi connectivity index (χ3n) is 8.18. The van der Waals surface area contributed by atoms with Gasteiger partial charge >= 0.3 is 0 Å². The number of hydrogen-bond donors (Lipinski definition) is 5. The van der Waals surface area contributed by atoms with Crippen molar-refractivity contribution in [2.24, 2.45) is 0 Å². The summed E-state index contributed by atoms with van der Waals surface area (Å²) in [5.41, 5.74) is -0.415. The van der Waals surface area contributed by atoms with E-state index in [9.17, 15) is 20.1 Å². The zero-order valence-electron chi connectivity index (χ0n) is 22.5. The third-order valence-corrected chi connectivity index (χ3v) is 8.18. The van der Waals surface area contributed by atoms with Crippen LogP contribution in [-0.2, 0) is 0 Å². The zero-order valence-corrected chi connectivity index (χ0v) is 22.5. The second-order valence-corrected chi connectivity index (χ2v) is 12.9. The monoisotopic (exact) mass is 479 g/mol. The van der Waals surface area contributed by atoms with Gasteiger partial charge in [0.15, 0.2) is 6.04 Å². The van der Waals surface area contributed by atoms with Gasteiger partial charge in [0.25, 0.3) is 10.8 Å². The lowest BCUT2D eigenvalue weighted by molar-refractivity contribution is -0.556. The summed E-state index contributed by atoms with van der Waals surface area (Å²) >= 11 is 0. The standard InChI is InChI=1S/C26H46N4O4/c1-23(2)13-17(14-24(3,4)29(23)9-11-31)27-19-21(33)20(22(19)34)28-18-15-25(5,6)30(10-12-32)26(7,8)16-18/h17-18,27,31-33H,9-16H2,1-8H3/p+1. The maximum absolute atomic E-state index is 13.0. The fraction of sp³-hybridized carbons (Fsp3) is 0.846. The predicted molar refractivity (Wildman–Crippen MR) is 134 cm³/mol. The van der Waals surface area contributed by atoms with E-state index in [1.165, 1.54) is 0 Å². The first-order valence-corrected chi connectivity index (χ1v) is 12.7. The van der Waals surface area contributed by atoms with Crippen LogP contribution in [0.2, 0.25) is 0 Å². The fourth-order valence-electron chi connectivity index (χ4n) is 7.33. The minimum Gasteiger partial charge on any atom is -0.501 e. The molecule has 0 saturated carbocycles. The Balaban J connectivity index is 1.79. The maximum atomic E-state index is 13.0. The van der Waals surface area contributed by atoms with Crippen LogP contribution in [0.5, 0.6) is 5.75 Å². The fourth-order valence-corrected chi connectivity index (χ4v) is 7.33. The van der Waals surface area contributed by atoms with Gasteiger partial charge in [-0.25, -0.2) is 4.99 Å². The van der Waals surface area contributed by atoms with Crippen molar-refractivity contribution in [1.29, 1.82) is 0 Å². The topological polar surface area (TPSA) is 110 Å². The van der Waals surface area contributed by atoms with Gasteiger partial charge in [0, 0.05) is 54.1 Å². The molecule has 2 heterocycles. The van der Waals surface area contributed by atoms with Crippen molar-refractivity contribution in [3.8, 4) is 5.75 Å². The van der Waals surface area contributed by atoms with E-state index in [2.05, 4.69) is 75.5 Å². The highest BCUT2D eigenvalue weighted by atomic mass is 16.3. The van der Waals surface area contributed by atoms with Crippen molar-refractivity contribution >= 4 is 5.69 Å². The van der Waals surface area contributed by atoms with Gasteiger partial charge in [-0.2, -0.15) is 0 Å². The summed E-state index contributed by atoms with van der Waals surface area (Å²) < 4.78 is 0. The molecule has 0 bridgehead atoms. The number of piperidine rings is 2. The summed E-state index contributed by atoms with van der Waals surface area (Å²) in [7, 11) is 0. The molecule has 0 aromatic heterocycles. The predicted octanol–water partition coefficient (Wildman–Crippen LogP) is 0.0490. The normalized spacial score (nSPS) is 26.2. The van der Waals surface area contributed by atoms with Crippen LogP contribution in [0.25, 0.3) is 0 Å². The number of hydrogen-bond acceptors (Lipinski definition) is 7. The van der Waals surface area contributed by atoms with Crippen LogP contribution in [0.3, 0.4) is 0 Å². The molecule has 0 aliphatic carbocycles. The molecule has 0 amide bonds. The molecule has 0 spiro atoms. The summed E-state index contributed by atoms with van der Waals surface area (Å²) in [4.78, 5) is 21.0. The van der Waals surface area contributed by atoms with Crippen LogP contribution < -0.4 is 21.1 Å². The molecule has 0 atom stereocenters. The number of aliphatic hydroxyl groups is 2. The molecule has 2 fully saturated rings. The van der Waals surface area contributed by atoms with Crippen molar-refractivity contribution in [2.45, 2.75) is 115 Å². The van der Waals surface area contributed by atoms with Crippen LogP contribution >= 0.6 is 0 Å². The molecule has 2 saturated heterocycles. The second kappa shape index (κ2) is 9.19. The van der Waals surface area contributed by atoms with Crippen molar-refractivity contribution < 1.29 is 20.3 Å². The molecule has 2 aliphatic heterocycles. The van der Waals surface area contributed by atoms with Crippen LogP contribution in [0.1, 0.15) is 81.1 Å². The Morgan fingerprint density at radius 1 is 0.824 bits per heavy atom. The van der Waals surface area contributed by atoms with Gasteiger partial charge in [-0.15, -0.1) is 0 Å². The van der Waals surface area contributed by atoms with E-state index in [1.54, 1.807) is 0 Å². The minimum absolute atomic E-state index is 0.0341. The lowest BCUT2D eigenvalue weighted by Crippen LogP contribution is -2.89.